The van der Waals surface area contributed by atoms with E-state index >= 15 is 0 Å². The van der Waals surface area contributed by atoms with Crippen molar-refractivity contribution in [1.82, 2.24) is 15.2 Å². The summed E-state index contributed by atoms with van der Waals surface area (Å²) in [6, 6.07) is 3.68. The average Bonchev–Trinajstić information content (AvgIpc) is 3.57. The van der Waals surface area contributed by atoms with Gasteiger partial charge in [0, 0.05) is 48.5 Å². The van der Waals surface area contributed by atoms with Crippen molar-refractivity contribution in [2.75, 3.05) is 44.3 Å². The van der Waals surface area contributed by atoms with E-state index in [1.165, 1.54) is 68.9 Å². The van der Waals surface area contributed by atoms with Crippen molar-refractivity contribution in [3.63, 3.8) is 0 Å². The highest BCUT2D eigenvalue weighted by Crippen LogP contribution is 2.76. The van der Waals surface area contributed by atoms with Crippen LogP contribution < -0.4 is 10.1 Å². The maximum absolute atomic E-state index is 12.8. The molecule has 10 heteroatoms. The molecular formula is C46H68BrN3O5S. The fraction of sp³-hybridized carbons (Fsp3) is 0.783. The Kier molecular flexibility index (Phi) is 10.8. The van der Waals surface area contributed by atoms with Gasteiger partial charge in [-0.05, 0) is 146 Å². The molecule has 2 heterocycles. The topological polar surface area (TPSA) is 109 Å². The molecule has 1 aromatic heterocycles. The molecule has 1 aliphatic heterocycles. The van der Waals surface area contributed by atoms with Gasteiger partial charge < -0.3 is 20.1 Å². The number of aromatic nitrogens is 1. The molecule has 0 radical (unpaired) electrons. The Balaban J connectivity index is 0.958. The van der Waals surface area contributed by atoms with Crippen molar-refractivity contribution in [3.05, 3.63) is 46.1 Å². The molecule has 5 fully saturated rings. The predicted octanol–water partition coefficient (Wildman–Crippen LogP) is 9.26. The smallest absolute Gasteiger partial charge is 0.310 e. The van der Waals surface area contributed by atoms with Crippen LogP contribution in [0.15, 0.2) is 46.1 Å². The number of ether oxygens (including phenoxy) is 1. The largest absolute Gasteiger partial charge is 0.481 e. The first-order chi connectivity index (χ1) is 26.5. The van der Waals surface area contributed by atoms with E-state index in [1.807, 2.05) is 12.1 Å². The van der Waals surface area contributed by atoms with E-state index in [9.17, 15) is 18.3 Å². The number of carbonyl (C=O) groups is 1. The molecule has 0 bridgehead atoms. The van der Waals surface area contributed by atoms with Gasteiger partial charge in [-0.15, -0.1) is 0 Å². The molecule has 0 aromatic carbocycles. The van der Waals surface area contributed by atoms with Crippen LogP contribution >= 0.6 is 15.9 Å². The quantitative estimate of drug-likeness (QED) is 0.240. The zero-order valence-electron chi connectivity index (χ0n) is 34.8. The van der Waals surface area contributed by atoms with Crippen molar-refractivity contribution in [3.8, 4) is 5.88 Å². The lowest BCUT2D eigenvalue weighted by Crippen LogP contribution is -2.67. The van der Waals surface area contributed by atoms with E-state index in [0.717, 1.165) is 42.2 Å². The molecule has 7 unspecified atom stereocenters. The lowest BCUT2D eigenvalue weighted by molar-refractivity contribution is -0.218. The number of nitrogens with zero attached hydrogens (tertiary/aromatic N) is 2. The first-order valence-corrected chi connectivity index (χ1v) is 24.6. The molecule has 8 rings (SSSR count). The Morgan fingerprint density at radius 2 is 1.73 bits per heavy atom. The number of hydrogen-bond acceptors (Lipinski definition) is 7. The Hall–Kier alpha value is -1.75. The van der Waals surface area contributed by atoms with Gasteiger partial charge in [-0.3, -0.25) is 4.79 Å². The number of nitrogens with one attached hydrogen (secondary N) is 1. The average molecular weight is 855 g/mol. The maximum atomic E-state index is 12.8. The number of aliphatic carboxylic acids is 1. The Bertz CT molecular complexity index is 1850. The molecule has 8 nitrogen and oxygen atoms in total. The molecule has 310 valence electrons. The van der Waals surface area contributed by atoms with Crippen LogP contribution in [0.4, 0.5) is 0 Å². The number of allylic oxidation sites excluding steroid dienone is 4. The third-order valence-corrected chi connectivity index (χ3v) is 20.3. The first kappa shape index (κ1) is 41.0. The Morgan fingerprint density at radius 1 is 0.946 bits per heavy atom. The molecule has 1 saturated heterocycles. The van der Waals surface area contributed by atoms with Crippen LogP contribution in [0.2, 0.25) is 0 Å². The molecule has 56 heavy (non-hydrogen) atoms. The number of sulfone groups is 1. The van der Waals surface area contributed by atoms with Gasteiger partial charge in [-0.1, -0.05) is 69.1 Å². The standard InChI is InChI=1S/C46H68BrN3O5S/c1-41(2)34(32-10-18-45(19-11-32,40(51)52)22-28-55-39-31-33(47)14-23-48-39)12-16-42(3)37(41)13-17-44(5)38(42)9-8-35-36-7-6-15-46(36,21-20-43(35,44)4)49-24-25-50-26-29-56(53,54)30-27-50/h10,12,14,23,31,35-38,49H,6-9,11,13,15-22,24-30H2,1-5H3,(H,51,52)/t35?,36-,37?,38?,42?,43-,44?,45?,46?/m1/s1. The second-order valence-electron chi connectivity index (χ2n) is 20.7. The minimum absolute atomic E-state index is 0.0340. The number of carboxylic acids is 1. The number of halogens is 1. The second kappa shape index (κ2) is 14.8. The summed E-state index contributed by atoms with van der Waals surface area (Å²) in [5, 5.41) is 14.7. The molecule has 1 aromatic rings. The molecule has 0 amide bonds. The van der Waals surface area contributed by atoms with E-state index in [-0.39, 0.29) is 16.4 Å². The molecule has 0 spiro atoms. The molecular weight excluding hydrogens is 786 g/mol. The maximum Gasteiger partial charge on any atom is 0.310 e. The van der Waals surface area contributed by atoms with E-state index < -0.39 is 21.2 Å². The van der Waals surface area contributed by atoms with Crippen LogP contribution in [-0.4, -0.2) is 79.2 Å². The van der Waals surface area contributed by atoms with Gasteiger partial charge >= 0.3 is 5.97 Å². The van der Waals surface area contributed by atoms with Gasteiger partial charge in [0.25, 0.3) is 0 Å². The van der Waals surface area contributed by atoms with E-state index in [1.54, 1.807) is 6.20 Å². The first-order valence-electron chi connectivity index (χ1n) is 22.0. The van der Waals surface area contributed by atoms with Crippen LogP contribution in [0.1, 0.15) is 125 Å². The number of rotatable bonds is 10. The third-order valence-electron chi connectivity index (χ3n) is 18.2. The number of fused-ring (bicyclic) bond motifs is 7. The van der Waals surface area contributed by atoms with E-state index in [2.05, 4.69) is 77.9 Å². The van der Waals surface area contributed by atoms with E-state index in [0.29, 0.717) is 79.0 Å². The van der Waals surface area contributed by atoms with Crippen molar-refractivity contribution in [2.24, 2.45) is 50.7 Å². The third kappa shape index (κ3) is 6.78. The monoisotopic (exact) mass is 853 g/mol. The minimum atomic E-state index is -2.85. The molecule has 9 atom stereocenters. The summed E-state index contributed by atoms with van der Waals surface area (Å²) in [6.45, 7) is 16.8. The highest BCUT2D eigenvalue weighted by molar-refractivity contribution is 9.10. The number of carboxylic acid groups (broad SMARTS) is 1. The van der Waals surface area contributed by atoms with Crippen LogP contribution in [0, 0.1) is 50.7 Å². The molecule has 6 aliphatic carbocycles. The SMILES string of the molecule is CC1(C)C(C2=CCC(CCOc3cc(Br)ccn3)(C(=O)O)CC2)=CCC2(C)C1CCC1(C)C2CCC2[C@H]3CCCC3(NCCN3CCS(=O)(=O)CC3)CC[C@]21C. The summed E-state index contributed by atoms with van der Waals surface area (Å²) in [6.07, 6.45) is 22.0. The Labute approximate surface area is 345 Å². The summed E-state index contributed by atoms with van der Waals surface area (Å²) >= 11 is 3.47. The van der Waals surface area contributed by atoms with E-state index in [4.69, 9.17) is 4.74 Å². The Morgan fingerprint density at radius 3 is 2.45 bits per heavy atom. The minimum Gasteiger partial charge on any atom is -0.481 e. The molecule has 2 N–H and O–H groups in total. The van der Waals surface area contributed by atoms with Gasteiger partial charge in [0.2, 0.25) is 5.88 Å². The van der Waals surface area contributed by atoms with Gasteiger partial charge in [0.05, 0.1) is 23.5 Å². The van der Waals surface area contributed by atoms with Crippen LogP contribution in [-0.2, 0) is 14.6 Å². The van der Waals surface area contributed by atoms with Crippen molar-refractivity contribution in [1.29, 1.82) is 0 Å². The lowest BCUT2D eigenvalue weighted by atomic mass is 9.33. The van der Waals surface area contributed by atoms with Crippen molar-refractivity contribution < 1.29 is 23.1 Å². The summed E-state index contributed by atoms with van der Waals surface area (Å²) < 4.78 is 30.8. The summed E-state index contributed by atoms with van der Waals surface area (Å²) in [7, 11) is -2.85. The zero-order valence-corrected chi connectivity index (χ0v) is 37.2. The van der Waals surface area contributed by atoms with Crippen LogP contribution in [0.25, 0.3) is 0 Å². The van der Waals surface area contributed by atoms with Gasteiger partial charge in [-0.25, -0.2) is 13.4 Å². The van der Waals surface area contributed by atoms with Gasteiger partial charge in [0.15, 0.2) is 9.84 Å². The molecule has 7 aliphatic rings. The predicted molar refractivity (Wildman–Crippen MR) is 226 cm³/mol. The summed E-state index contributed by atoms with van der Waals surface area (Å²) in [5.74, 6) is 3.21. The van der Waals surface area contributed by atoms with Crippen LogP contribution in [0.5, 0.6) is 5.88 Å². The van der Waals surface area contributed by atoms with Crippen molar-refractivity contribution >= 4 is 31.7 Å². The fourth-order valence-corrected chi connectivity index (χ4v) is 16.5. The summed E-state index contributed by atoms with van der Waals surface area (Å²) in [5.41, 5.74) is 3.24. The molecule has 4 saturated carbocycles. The van der Waals surface area contributed by atoms with Gasteiger partial charge in [0.1, 0.15) is 0 Å². The van der Waals surface area contributed by atoms with Crippen molar-refractivity contribution in [2.45, 2.75) is 130 Å². The lowest BCUT2D eigenvalue weighted by Gasteiger charge is -2.72. The zero-order chi connectivity index (χ0) is 39.8. The normalized spacial score (nSPS) is 41.6. The fourth-order valence-electron chi connectivity index (χ4n) is 15.0. The second-order valence-corrected chi connectivity index (χ2v) is 23.9. The number of pyridine rings is 1. The summed E-state index contributed by atoms with van der Waals surface area (Å²) in [4.78, 5) is 19.4. The highest BCUT2D eigenvalue weighted by Gasteiger charge is 2.69. The highest BCUT2D eigenvalue weighted by atomic mass is 79.9. The number of hydrogen-bond donors (Lipinski definition) is 2. The van der Waals surface area contributed by atoms with Crippen LogP contribution in [0.3, 0.4) is 0 Å². The van der Waals surface area contributed by atoms with Gasteiger partial charge in [-0.2, -0.15) is 0 Å².